The highest BCUT2D eigenvalue weighted by atomic mass is 127. The number of rotatable bonds is 5. The molecule has 0 radical (unpaired) electrons. The van der Waals surface area contributed by atoms with Crippen LogP contribution in [0.25, 0.3) is 0 Å². The van der Waals surface area contributed by atoms with Crippen molar-refractivity contribution < 1.29 is 21.3 Å². The Morgan fingerprint density at radius 1 is 1.15 bits per heavy atom. The molecule has 1 saturated heterocycles. The fourth-order valence-corrected chi connectivity index (χ4v) is 3.68. The van der Waals surface area contributed by atoms with Gasteiger partial charge in [0.05, 0.1) is 0 Å². The van der Waals surface area contributed by atoms with E-state index in [-0.39, 0.29) is 23.3 Å². The average Bonchev–Trinajstić information content (AvgIpc) is 2.62. The van der Waals surface area contributed by atoms with Crippen molar-refractivity contribution in [2.45, 2.75) is 18.9 Å². The van der Waals surface area contributed by atoms with Gasteiger partial charge in [-0.05, 0) is 77.9 Å². The van der Waals surface area contributed by atoms with E-state index < -0.39 is 10.5 Å². The number of nitrogens with one attached hydrogen (secondary N) is 1. The van der Waals surface area contributed by atoms with Crippen molar-refractivity contribution in [3.63, 3.8) is 0 Å². The molecule has 1 N–H and O–H groups in total. The molecule has 0 atom stereocenters. The number of piperidine rings is 1. The van der Waals surface area contributed by atoms with E-state index in [1.807, 2.05) is 24.3 Å². The number of amides is 1. The number of hydrogen-bond donors (Lipinski definition) is 1. The summed E-state index contributed by atoms with van der Waals surface area (Å²) >= 11 is 2.26. The van der Waals surface area contributed by atoms with Crippen LogP contribution in [-0.4, -0.2) is 38.4 Å². The Hall–Kier alpha value is -1.88. The Balaban J connectivity index is 1.58. The normalized spacial score (nSPS) is 15.4. The van der Waals surface area contributed by atoms with Crippen molar-refractivity contribution in [1.29, 1.82) is 0 Å². The summed E-state index contributed by atoms with van der Waals surface area (Å²) in [5, 5.41) is 3.47. The first kappa shape index (κ1) is 19.9. The molecule has 1 fully saturated rings. The van der Waals surface area contributed by atoms with Crippen molar-refractivity contribution in [2.24, 2.45) is 0 Å². The number of carbonyl (C=O) groups is 1. The van der Waals surface area contributed by atoms with Gasteiger partial charge in [0.1, 0.15) is 5.75 Å². The van der Waals surface area contributed by atoms with Gasteiger partial charge in [-0.1, -0.05) is 9.95 Å². The van der Waals surface area contributed by atoms with E-state index in [0.29, 0.717) is 13.1 Å². The van der Waals surface area contributed by atoms with Crippen LogP contribution in [0.15, 0.2) is 48.5 Å². The highest BCUT2D eigenvalue weighted by Gasteiger charge is 2.24. The molecule has 2 aromatic carbocycles. The van der Waals surface area contributed by atoms with Crippen LogP contribution in [0.2, 0.25) is 0 Å². The van der Waals surface area contributed by atoms with Crippen LogP contribution in [0.4, 0.5) is 9.57 Å². The zero-order valence-corrected chi connectivity index (χ0v) is 17.2. The first-order valence-corrected chi connectivity index (χ1v) is 10.7. The third kappa shape index (κ3) is 5.80. The molecule has 0 bridgehead atoms. The number of likely N-dealkylation sites (tertiary alicyclic amines) is 1. The molecule has 1 aliphatic heterocycles. The molecule has 0 unspecified atom stereocenters. The number of anilines is 1. The number of benzene rings is 2. The predicted molar refractivity (Wildman–Crippen MR) is 109 cm³/mol. The van der Waals surface area contributed by atoms with Crippen molar-refractivity contribution in [3.8, 4) is 5.75 Å². The first-order chi connectivity index (χ1) is 12.8. The second-order valence-corrected chi connectivity index (χ2v) is 8.42. The van der Waals surface area contributed by atoms with Gasteiger partial charge in [-0.2, -0.15) is 8.42 Å². The Kier molecular flexibility index (Phi) is 6.20. The lowest BCUT2D eigenvalue weighted by molar-refractivity contribution is 0.0718. The molecule has 2 aromatic rings. The topological polar surface area (TPSA) is 75.7 Å². The maximum atomic E-state index is 12.7. The zero-order valence-electron chi connectivity index (χ0n) is 14.3. The molecular weight excluding hydrogens is 486 g/mol. The van der Waals surface area contributed by atoms with Crippen LogP contribution in [-0.2, 0) is 10.5 Å². The lowest BCUT2D eigenvalue weighted by Crippen LogP contribution is -2.42. The monoisotopic (exact) mass is 504 g/mol. The van der Waals surface area contributed by atoms with Gasteiger partial charge >= 0.3 is 10.5 Å². The summed E-state index contributed by atoms with van der Waals surface area (Å²) in [5.41, 5.74) is 1.32. The van der Waals surface area contributed by atoms with Gasteiger partial charge in [0.15, 0.2) is 0 Å². The largest absolute Gasteiger partial charge is 0.488 e. The molecule has 0 spiro atoms. The Bertz CT molecular complexity index is 913. The van der Waals surface area contributed by atoms with E-state index in [4.69, 9.17) is 0 Å². The minimum absolute atomic E-state index is 0.224. The van der Waals surface area contributed by atoms with E-state index in [2.05, 4.69) is 32.1 Å². The van der Waals surface area contributed by atoms with Crippen LogP contribution in [0.1, 0.15) is 23.2 Å². The van der Waals surface area contributed by atoms with Crippen molar-refractivity contribution >= 4 is 44.7 Å². The van der Waals surface area contributed by atoms with Gasteiger partial charge in [-0.25, -0.2) is 0 Å². The number of halogens is 2. The Morgan fingerprint density at radius 3 is 2.44 bits per heavy atom. The van der Waals surface area contributed by atoms with Gasteiger partial charge < -0.3 is 14.4 Å². The van der Waals surface area contributed by atoms with E-state index in [9.17, 15) is 17.1 Å². The fourth-order valence-electron chi connectivity index (χ4n) is 2.99. The average molecular weight is 504 g/mol. The molecule has 1 amide bonds. The zero-order chi connectivity index (χ0) is 19.4. The molecule has 0 aliphatic carbocycles. The van der Waals surface area contributed by atoms with Crippen LogP contribution in [0.3, 0.4) is 0 Å². The molecule has 1 aliphatic rings. The van der Waals surface area contributed by atoms with Crippen molar-refractivity contribution in [3.05, 3.63) is 57.7 Å². The molecule has 6 nitrogen and oxygen atoms in total. The van der Waals surface area contributed by atoms with Crippen LogP contribution < -0.4 is 9.50 Å². The van der Waals surface area contributed by atoms with Crippen molar-refractivity contribution in [1.82, 2.24) is 4.90 Å². The summed E-state index contributed by atoms with van der Waals surface area (Å²) in [4.78, 5) is 14.3. The lowest BCUT2D eigenvalue weighted by Gasteiger charge is -2.33. The van der Waals surface area contributed by atoms with Crippen molar-refractivity contribution in [2.75, 3.05) is 18.4 Å². The van der Waals surface area contributed by atoms with E-state index in [1.165, 1.54) is 21.8 Å². The maximum absolute atomic E-state index is 12.7. The molecule has 27 heavy (non-hydrogen) atoms. The summed E-state index contributed by atoms with van der Waals surface area (Å²) in [7, 11) is -5.12. The first-order valence-electron chi connectivity index (χ1n) is 8.36. The van der Waals surface area contributed by atoms with E-state index >= 15 is 0 Å². The third-order valence-corrected chi connectivity index (χ3v) is 5.38. The van der Waals surface area contributed by atoms with E-state index in [1.54, 1.807) is 11.0 Å². The fraction of sp³-hybridized carbons (Fsp3) is 0.278. The summed E-state index contributed by atoms with van der Waals surface area (Å²) in [5.74, 6) is -0.456. The minimum atomic E-state index is -5.12. The smallest absolute Gasteiger partial charge is 0.382 e. The molecule has 3 rings (SSSR count). The summed E-state index contributed by atoms with van der Waals surface area (Å²) in [6.07, 6.45) is 1.60. The molecule has 9 heteroatoms. The van der Waals surface area contributed by atoms with Crippen LogP contribution in [0, 0.1) is 3.57 Å². The molecular formula is C18H18FIN2O4S. The molecule has 0 aromatic heterocycles. The quantitative estimate of drug-likeness (QED) is 0.498. The van der Waals surface area contributed by atoms with E-state index in [0.717, 1.165) is 18.5 Å². The predicted octanol–water partition coefficient (Wildman–Crippen LogP) is 3.60. The lowest BCUT2D eigenvalue weighted by atomic mass is 10.0. The Labute approximate surface area is 171 Å². The second-order valence-electron chi connectivity index (χ2n) is 6.22. The number of nitrogens with zero attached hydrogens (tertiary/aromatic N) is 1. The van der Waals surface area contributed by atoms with Gasteiger partial charge in [0, 0.05) is 34.0 Å². The molecule has 144 valence electrons. The summed E-state index contributed by atoms with van der Waals surface area (Å²) in [6, 6.07) is 13.9. The molecule has 0 saturated carbocycles. The third-order valence-electron chi connectivity index (χ3n) is 4.27. The van der Waals surface area contributed by atoms with Crippen LogP contribution >= 0.6 is 22.6 Å². The SMILES string of the molecule is O=C(c1cccc(OS(=O)(=O)F)c1)N1CCC(Nc2ccc(I)cc2)CC1. The van der Waals surface area contributed by atoms with Gasteiger partial charge in [0.25, 0.3) is 5.91 Å². The van der Waals surface area contributed by atoms with Gasteiger partial charge in [-0.15, -0.1) is 0 Å². The Morgan fingerprint density at radius 2 is 1.81 bits per heavy atom. The standard InChI is InChI=1S/C18H18FIN2O4S/c19-27(24,25)26-17-3-1-2-13(12-17)18(23)22-10-8-16(9-11-22)21-15-6-4-14(20)5-7-15/h1-7,12,16,21H,8-11H2. The minimum Gasteiger partial charge on any atom is -0.382 e. The van der Waals surface area contributed by atoms with Gasteiger partial charge in [-0.3, -0.25) is 4.79 Å². The highest BCUT2D eigenvalue weighted by Crippen LogP contribution is 2.21. The second kappa shape index (κ2) is 8.42. The summed E-state index contributed by atoms with van der Waals surface area (Å²) in [6.45, 7) is 1.15. The maximum Gasteiger partial charge on any atom is 0.488 e. The number of hydrogen-bond acceptors (Lipinski definition) is 5. The van der Waals surface area contributed by atoms with Gasteiger partial charge in [0.2, 0.25) is 0 Å². The molecule has 1 heterocycles. The number of carbonyl (C=O) groups excluding carboxylic acids is 1. The highest BCUT2D eigenvalue weighted by molar-refractivity contribution is 14.1. The van der Waals surface area contributed by atoms with Crippen LogP contribution in [0.5, 0.6) is 5.75 Å². The summed E-state index contributed by atoms with van der Waals surface area (Å²) < 4.78 is 39.2.